The molecule has 0 heterocycles. The summed E-state index contributed by atoms with van der Waals surface area (Å²) < 4.78 is 1.05. The molecule has 2 heteroatoms. The quantitative estimate of drug-likeness (QED) is 0.797. The van der Waals surface area contributed by atoms with Gasteiger partial charge in [0.25, 0.3) is 0 Å². The number of hydrogen-bond donors (Lipinski definition) is 1. The molecule has 0 aliphatic heterocycles. The molecule has 0 saturated carbocycles. The van der Waals surface area contributed by atoms with E-state index >= 15 is 0 Å². The fourth-order valence-electron chi connectivity index (χ4n) is 1.03. The van der Waals surface area contributed by atoms with Gasteiger partial charge in [-0.15, -0.1) is 6.42 Å². The number of anilines is 1. The molecule has 1 atom stereocenters. The molecule has 1 aromatic rings. The van der Waals surface area contributed by atoms with Crippen LogP contribution in [0.4, 0.5) is 5.69 Å². The Hall–Kier alpha value is -0.940. The number of halogens is 1. The van der Waals surface area contributed by atoms with Crippen molar-refractivity contribution in [3.63, 3.8) is 0 Å². The number of benzene rings is 1. The Morgan fingerprint density at radius 1 is 1.54 bits per heavy atom. The average Bonchev–Trinajstić information content (AvgIpc) is 2.17. The van der Waals surface area contributed by atoms with Gasteiger partial charge in [0.1, 0.15) is 0 Å². The predicted octanol–water partition coefficient (Wildman–Crippen LogP) is 3.27. The first-order valence-corrected chi connectivity index (χ1v) is 5.04. The summed E-state index contributed by atoms with van der Waals surface area (Å²) in [5.74, 6) is 2.70. The molecule has 0 bridgehead atoms. The Bertz CT molecular complexity index is 314. The van der Waals surface area contributed by atoms with Crippen LogP contribution in [0.15, 0.2) is 28.7 Å². The lowest BCUT2D eigenvalue weighted by Gasteiger charge is -2.13. The van der Waals surface area contributed by atoms with Gasteiger partial charge in [-0.2, -0.15) is 0 Å². The third kappa shape index (κ3) is 2.78. The van der Waals surface area contributed by atoms with E-state index in [1.807, 2.05) is 24.3 Å². The molecule has 1 N–H and O–H groups in total. The molecule has 0 aromatic heterocycles. The van der Waals surface area contributed by atoms with Gasteiger partial charge in [-0.3, -0.25) is 0 Å². The highest BCUT2D eigenvalue weighted by Gasteiger charge is 2.03. The third-order valence-corrected chi connectivity index (χ3v) is 2.50. The third-order valence-electron chi connectivity index (χ3n) is 1.81. The van der Waals surface area contributed by atoms with E-state index in [2.05, 4.69) is 34.1 Å². The SMILES string of the molecule is C#CC(CC)Nc1ccccc1Br. The molecule has 68 valence electrons. The summed E-state index contributed by atoms with van der Waals surface area (Å²) in [7, 11) is 0. The van der Waals surface area contributed by atoms with Crippen molar-refractivity contribution in [2.45, 2.75) is 19.4 Å². The van der Waals surface area contributed by atoms with E-state index in [9.17, 15) is 0 Å². The van der Waals surface area contributed by atoms with Crippen LogP contribution in [-0.2, 0) is 0 Å². The minimum atomic E-state index is 0.110. The van der Waals surface area contributed by atoms with Crippen LogP contribution in [0, 0.1) is 12.3 Å². The Balaban J connectivity index is 2.74. The molecule has 0 saturated heterocycles. The Labute approximate surface area is 87.7 Å². The molecular formula is C11H12BrN. The van der Waals surface area contributed by atoms with Gasteiger partial charge in [0.05, 0.1) is 6.04 Å². The maximum absolute atomic E-state index is 5.35. The van der Waals surface area contributed by atoms with E-state index < -0.39 is 0 Å². The zero-order valence-corrected chi connectivity index (χ0v) is 9.14. The van der Waals surface area contributed by atoms with E-state index in [1.165, 1.54) is 0 Å². The summed E-state index contributed by atoms with van der Waals surface area (Å²) >= 11 is 3.45. The monoisotopic (exact) mass is 237 g/mol. The maximum Gasteiger partial charge on any atom is 0.0871 e. The van der Waals surface area contributed by atoms with Crippen LogP contribution in [-0.4, -0.2) is 6.04 Å². The highest BCUT2D eigenvalue weighted by molar-refractivity contribution is 9.10. The molecule has 0 amide bonds. The first kappa shape index (κ1) is 10.1. The highest BCUT2D eigenvalue weighted by atomic mass is 79.9. The molecule has 0 spiro atoms. The number of para-hydroxylation sites is 1. The lowest BCUT2D eigenvalue weighted by molar-refractivity contribution is 0.857. The first-order valence-electron chi connectivity index (χ1n) is 4.25. The molecule has 13 heavy (non-hydrogen) atoms. The fourth-order valence-corrected chi connectivity index (χ4v) is 1.43. The molecule has 0 aliphatic carbocycles. The van der Waals surface area contributed by atoms with Crippen molar-refractivity contribution >= 4 is 21.6 Å². The van der Waals surface area contributed by atoms with Crippen molar-refractivity contribution in [2.24, 2.45) is 0 Å². The van der Waals surface area contributed by atoms with Crippen LogP contribution in [0.3, 0.4) is 0 Å². The largest absolute Gasteiger partial charge is 0.371 e. The van der Waals surface area contributed by atoms with Crippen molar-refractivity contribution in [2.75, 3.05) is 5.32 Å². The summed E-state index contributed by atoms with van der Waals surface area (Å²) in [4.78, 5) is 0. The fraction of sp³-hybridized carbons (Fsp3) is 0.273. The van der Waals surface area contributed by atoms with E-state index in [1.54, 1.807) is 0 Å². The Kier molecular flexibility index (Phi) is 3.85. The van der Waals surface area contributed by atoms with Crippen molar-refractivity contribution in [3.05, 3.63) is 28.7 Å². The van der Waals surface area contributed by atoms with E-state index in [0.29, 0.717) is 0 Å². The smallest absolute Gasteiger partial charge is 0.0871 e. The lowest BCUT2D eigenvalue weighted by atomic mass is 10.2. The molecule has 0 radical (unpaired) electrons. The second kappa shape index (κ2) is 4.94. The first-order chi connectivity index (χ1) is 6.27. The number of rotatable bonds is 3. The van der Waals surface area contributed by atoms with E-state index in [4.69, 9.17) is 6.42 Å². The van der Waals surface area contributed by atoms with Crippen molar-refractivity contribution in [3.8, 4) is 12.3 Å². The molecule has 0 aliphatic rings. The average molecular weight is 238 g/mol. The van der Waals surface area contributed by atoms with Gasteiger partial charge in [0, 0.05) is 10.2 Å². The Morgan fingerprint density at radius 2 is 2.23 bits per heavy atom. The van der Waals surface area contributed by atoms with Gasteiger partial charge in [-0.25, -0.2) is 0 Å². The highest BCUT2D eigenvalue weighted by Crippen LogP contribution is 2.22. The predicted molar refractivity (Wildman–Crippen MR) is 60.7 cm³/mol. The van der Waals surface area contributed by atoms with Crippen LogP contribution in [0.25, 0.3) is 0 Å². The zero-order valence-electron chi connectivity index (χ0n) is 7.55. The number of hydrogen-bond acceptors (Lipinski definition) is 1. The van der Waals surface area contributed by atoms with Gasteiger partial charge in [0.15, 0.2) is 0 Å². The maximum atomic E-state index is 5.35. The van der Waals surface area contributed by atoms with E-state index in [0.717, 1.165) is 16.6 Å². The van der Waals surface area contributed by atoms with Crippen LogP contribution in [0.5, 0.6) is 0 Å². The zero-order chi connectivity index (χ0) is 9.68. The molecule has 1 aromatic carbocycles. The number of terminal acetylenes is 1. The summed E-state index contributed by atoms with van der Waals surface area (Å²) in [5.41, 5.74) is 1.05. The summed E-state index contributed by atoms with van der Waals surface area (Å²) in [5, 5.41) is 3.26. The topological polar surface area (TPSA) is 12.0 Å². The summed E-state index contributed by atoms with van der Waals surface area (Å²) in [6.07, 6.45) is 6.28. The van der Waals surface area contributed by atoms with Crippen LogP contribution < -0.4 is 5.32 Å². The second-order valence-electron chi connectivity index (χ2n) is 2.75. The van der Waals surface area contributed by atoms with Crippen molar-refractivity contribution in [1.82, 2.24) is 0 Å². The summed E-state index contributed by atoms with van der Waals surface area (Å²) in [6, 6.07) is 8.07. The summed E-state index contributed by atoms with van der Waals surface area (Å²) in [6.45, 7) is 2.06. The molecular weight excluding hydrogens is 226 g/mol. The standard InChI is InChI=1S/C11H12BrN/c1-3-9(4-2)13-11-8-6-5-7-10(11)12/h1,5-9,13H,4H2,2H3. The number of nitrogens with one attached hydrogen (secondary N) is 1. The van der Waals surface area contributed by atoms with Gasteiger partial charge in [-0.05, 0) is 34.5 Å². The second-order valence-corrected chi connectivity index (χ2v) is 3.61. The van der Waals surface area contributed by atoms with Gasteiger partial charge < -0.3 is 5.32 Å². The normalized spacial score (nSPS) is 11.8. The molecule has 1 nitrogen and oxygen atoms in total. The lowest BCUT2D eigenvalue weighted by Crippen LogP contribution is -2.15. The van der Waals surface area contributed by atoms with Crippen LogP contribution >= 0.6 is 15.9 Å². The minimum Gasteiger partial charge on any atom is -0.371 e. The van der Waals surface area contributed by atoms with Crippen LogP contribution in [0.1, 0.15) is 13.3 Å². The van der Waals surface area contributed by atoms with Gasteiger partial charge >= 0.3 is 0 Å². The van der Waals surface area contributed by atoms with Gasteiger partial charge in [-0.1, -0.05) is 25.0 Å². The van der Waals surface area contributed by atoms with Crippen molar-refractivity contribution < 1.29 is 0 Å². The molecule has 0 fully saturated rings. The van der Waals surface area contributed by atoms with Crippen LogP contribution in [0.2, 0.25) is 0 Å². The molecule has 1 rings (SSSR count). The van der Waals surface area contributed by atoms with Crippen molar-refractivity contribution in [1.29, 1.82) is 0 Å². The molecule has 1 unspecified atom stereocenters. The minimum absolute atomic E-state index is 0.110. The van der Waals surface area contributed by atoms with E-state index in [-0.39, 0.29) is 6.04 Å². The van der Waals surface area contributed by atoms with Gasteiger partial charge in [0.2, 0.25) is 0 Å². The Morgan fingerprint density at radius 3 is 2.77 bits per heavy atom.